The van der Waals surface area contributed by atoms with E-state index in [2.05, 4.69) is 10.1 Å². The lowest BCUT2D eigenvalue weighted by atomic mass is 10.2. The van der Waals surface area contributed by atoms with Crippen molar-refractivity contribution in [3.63, 3.8) is 0 Å². The summed E-state index contributed by atoms with van der Waals surface area (Å²) in [5.74, 6) is 1.22. The molecule has 0 radical (unpaired) electrons. The highest BCUT2D eigenvalue weighted by Gasteiger charge is 2.16. The second-order valence-corrected chi connectivity index (χ2v) is 6.20. The average molecular weight is 372 g/mol. The molecule has 3 rings (SSSR count). The van der Waals surface area contributed by atoms with Gasteiger partial charge in [-0.15, -0.1) is 0 Å². The highest BCUT2D eigenvalue weighted by atomic mass is 35.5. The Morgan fingerprint density at radius 1 is 1.19 bits per heavy atom. The lowest BCUT2D eigenvalue weighted by molar-refractivity contribution is -0.132. The number of rotatable bonds is 6. The number of likely N-dealkylation sites (N-methyl/N-ethyl adjacent to an activating group) is 1. The van der Waals surface area contributed by atoms with Crippen LogP contribution in [0.3, 0.4) is 0 Å². The number of carbonyl (C=O) groups is 1. The van der Waals surface area contributed by atoms with Crippen molar-refractivity contribution in [2.24, 2.45) is 0 Å². The number of para-hydroxylation sites is 1. The van der Waals surface area contributed by atoms with Gasteiger partial charge >= 0.3 is 0 Å². The Kier molecular flexibility index (Phi) is 5.53. The molecule has 134 valence electrons. The van der Waals surface area contributed by atoms with Gasteiger partial charge in [0.15, 0.2) is 6.61 Å². The van der Waals surface area contributed by atoms with Gasteiger partial charge in [0.25, 0.3) is 5.91 Å². The Labute approximate surface area is 156 Å². The van der Waals surface area contributed by atoms with E-state index in [4.69, 9.17) is 20.9 Å². The molecular formula is C19H18ClN3O3. The number of aryl methyl sites for hydroxylation is 1. The van der Waals surface area contributed by atoms with Gasteiger partial charge < -0.3 is 14.2 Å². The summed E-state index contributed by atoms with van der Waals surface area (Å²) in [5, 5.41) is 4.46. The van der Waals surface area contributed by atoms with Crippen molar-refractivity contribution in [3.05, 3.63) is 65.0 Å². The van der Waals surface area contributed by atoms with Gasteiger partial charge in [0, 0.05) is 12.6 Å². The molecule has 6 nitrogen and oxygen atoms in total. The molecule has 0 spiro atoms. The fourth-order valence-electron chi connectivity index (χ4n) is 2.33. The maximum Gasteiger partial charge on any atom is 0.260 e. The van der Waals surface area contributed by atoms with Crippen LogP contribution in [0.1, 0.15) is 11.5 Å². The van der Waals surface area contributed by atoms with Crippen LogP contribution in [-0.2, 0) is 11.3 Å². The van der Waals surface area contributed by atoms with Crippen LogP contribution in [0, 0.1) is 6.92 Å². The quantitative estimate of drug-likeness (QED) is 0.660. The summed E-state index contributed by atoms with van der Waals surface area (Å²) >= 11 is 6.13. The summed E-state index contributed by atoms with van der Waals surface area (Å²) in [6, 6.07) is 14.8. The van der Waals surface area contributed by atoms with Crippen LogP contribution >= 0.6 is 11.6 Å². The number of aromatic nitrogens is 2. The van der Waals surface area contributed by atoms with Gasteiger partial charge in [-0.25, -0.2) is 0 Å². The van der Waals surface area contributed by atoms with Gasteiger partial charge in [0.05, 0.1) is 11.6 Å². The van der Waals surface area contributed by atoms with E-state index in [9.17, 15) is 4.79 Å². The van der Waals surface area contributed by atoms with Crippen molar-refractivity contribution in [3.8, 4) is 17.1 Å². The Morgan fingerprint density at radius 2 is 1.92 bits per heavy atom. The molecular weight excluding hydrogens is 354 g/mol. The molecule has 0 aliphatic rings. The highest BCUT2D eigenvalue weighted by molar-refractivity contribution is 6.33. The van der Waals surface area contributed by atoms with Crippen molar-refractivity contribution in [1.82, 2.24) is 15.0 Å². The maximum atomic E-state index is 12.3. The van der Waals surface area contributed by atoms with Crippen molar-refractivity contribution < 1.29 is 14.1 Å². The predicted molar refractivity (Wildman–Crippen MR) is 97.9 cm³/mol. The standard InChI is InChI=1S/C19H18ClN3O3/c1-13-7-3-6-10-16(13)25-12-18(24)23(2)11-17-21-19(22-26-17)14-8-4-5-9-15(14)20/h3-10H,11-12H2,1-2H3. The Hall–Kier alpha value is -2.86. The van der Waals surface area contributed by atoms with Crippen LogP contribution < -0.4 is 4.74 Å². The fourth-order valence-corrected chi connectivity index (χ4v) is 2.55. The molecule has 0 atom stereocenters. The molecule has 0 fully saturated rings. The number of hydrogen-bond acceptors (Lipinski definition) is 5. The van der Waals surface area contributed by atoms with Gasteiger partial charge in [-0.2, -0.15) is 4.98 Å². The maximum absolute atomic E-state index is 12.3. The SMILES string of the molecule is Cc1ccccc1OCC(=O)N(C)Cc1nc(-c2ccccc2Cl)no1. The topological polar surface area (TPSA) is 68.5 Å². The first kappa shape index (κ1) is 17.9. The number of amides is 1. The minimum Gasteiger partial charge on any atom is -0.484 e. The first-order valence-electron chi connectivity index (χ1n) is 8.04. The molecule has 1 aromatic heterocycles. The number of ether oxygens (including phenoxy) is 1. The molecule has 0 aliphatic heterocycles. The number of carbonyl (C=O) groups excluding carboxylic acids is 1. The molecule has 0 saturated heterocycles. The number of benzene rings is 2. The first-order valence-corrected chi connectivity index (χ1v) is 8.42. The van der Waals surface area contributed by atoms with Gasteiger partial charge in [0.2, 0.25) is 11.7 Å². The first-order chi connectivity index (χ1) is 12.5. The molecule has 0 aliphatic carbocycles. The third kappa shape index (κ3) is 4.21. The zero-order valence-corrected chi connectivity index (χ0v) is 15.2. The van der Waals surface area contributed by atoms with Crippen molar-refractivity contribution in [2.45, 2.75) is 13.5 Å². The van der Waals surface area contributed by atoms with E-state index in [1.165, 1.54) is 4.90 Å². The van der Waals surface area contributed by atoms with E-state index >= 15 is 0 Å². The van der Waals surface area contributed by atoms with E-state index in [1.807, 2.05) is 49.4 Å². The van der Waals surface area contributed by atoms with E-state index in [-0.39, 0.29) is 19.1 Å². The third-order valence-electron chi connectivity index (χ3n) is 3.83. The van der Waals surface area contributed by atoms with Crippen LogP contribution in [0.4, 0.5) is 0 Å². The molecule has 0 N–H and O–H groups in total. The average Bonchev–Trinajstić information content (AvgIpc) is 3.09. The number of hydrogen-bond donors (Lipinski definition) is 0. The third-order valence-corrected chi connectivity index (χ3v) is 4.16. The monoisotopic (exact) mass is 371 g/mol. The van der Waals surface area contributed by atoms with Crippen LogP contribution in [0.5, 0.6) is 5.75 Å². The second kappa shape index (κ2) is 8.01. The summed E-state index contributed by atoms with van der Waals surface area (Å²) in [6.45, 7) is 2.05. The van der Waals surface area contributed by atoms with Crippen LogP contribution in [0.2, 0.25) is 5.02 Å². The predicted octanol–water partition coefficient (Wildman–Crippen LogP) is 3.74. The zero-order valence-electron chi connectivity index (χ0n) is 14.5. The van der Waals surface area contributed by atoms with Gasteiger partial charge in [-0.05, 0) is 30.7 Å². The summed E-state index contributed by atoms with van der Waals surface area (Å²) in [5.41, 5.74) is 1.66. The molecule has 1 heterocycles. The second-order valence-electron chi connectivity index (χ2n) is 5.80. The number of halogens is 1. The summed E-state index contributed by atoms with van der Waals surface area (Å²) < 4.78 is 10.8. The van der Waals surface area contributed by atoms with E-state index < -0.39 is 0 Å². The Morgan fingerprint density at radius 3 is 2.69 bits per heavy atom. The molecule has 0 unspecified atom stereocenters. The Balaban J connectivity index is 1.59. The fraction of sp³-hybridized carbons (Fsp3) is 0.211. The molecule has 0 bridgehead atoms. The van der Waals surface area contributed by atoms with Crippen LogP contribution in [0.15, 0.2) is 53.1 Å². The van der Waals surface area contributed by atoms with Gasteiger partial charge in [-0.3, -0.25) is 4.79 Å². The minimum absolute atomic E-state index is 0.0626. The summed E-state index contributed by atoms with van der Waals surface area (Å²) in [7, 11) is 1.66. The van der Waals surface area contributed by atoms with Crippen molar-refractivity contribution in [2.75, 3.05) is 13.7 Å². The van der Waals surface area contributed by atoms with Crippen molar-refractivity contribution in [1.29, 1.82) is 0 Å². The summed E-state index contributed by atoms with van der Waals surface area (Å²) in [6.07, 6.45) is 0. The smallest absolute Gasteiger partial charge is 0.260 e. The lowest BCUT2D eigenvalue weighted by Crippen LogP contribution is -2.31. The van der Waals surface area contributed by atoms with E-state index in [0.29, 0.717) is 28.1 Å². The molecule has 7 heteroatoms. The largest absolute Gasteiger partial charge is 0.484 e. The van der Waals surface area contributed by atoms with Crippen LogP contribution in [0.25, 0.3) is 11.4 Å². The zero-order chi connectivity index (χ0) is 18.5. The van der Waals surface area contributed by atoms with Gasteiger partial charge in [0.1, 0.15) is 5.75 Å². The van der Waals surface area contributed by atoms with Crippen molar-refractivity contribution >= 4 is 17.5 Å². The number of nitrogens with zero attached hydrogens (tertiary/aromatic N) is 3. The van der Waals surface area contributed by atoms with Crippen LogP contribution in [-0.4, -0.2) is 34.6 Å². The molecule has 26 heavy (non-hydrogen) atoms. The molecule has 3 aromatic rings. The minimum atomic E-state index is -0.189. The highest BCUT2D eigenvalue weighted by Crippen LogP contribution is 2.25. The summed E-state index contributed by atoms with van der Waals surface area (Å²) in [4.78, 5) is 18.0. The molecule has 0 saturated carbocycles. The normalized spacial score (nSPS) is 10.6. The van der Waals surface area contributed by atoms with E-state index in [1.54, 1.807) is 13.1 Å². The van der Waals surface area contributed by atoms with E-state index in [0.717, 1.165) is 5.56 Å². The molecule has 1 amide bonds. The lowest BCUT2D eigenvalue weighted by Gasteiger charge is -2.15. The molecule has 2 aromatic carbocycles. The Bertz CT molecular complexity index is 910. The van der Waals surface area contributed by atoms with Gasteiger partial charge in [-0.1, -0.05) is 47.1 Å².